The van der Waals surface area contributed by atoms with Crippen LogP contribution in [0.2, 0.25) is 5.02 Å². The minimum Gasteiger partial charge on any atom is -0.379 e. The first-order valence-electron chi connectivity index (χ1n) is 11.2. The second-order valence-corrected chi connectivity index (χ2v) is 10.9. The fraction of sp³-hybridized carbons (Fsp3) is 0.640. The molecule has 3 unspecified atom stereocenters. The topological polar surface area (TPSA) is 41.1 Å². The zero-order chi connectivity index (χ0) is 20.8. The third-order valence-corrected chi connectivity index (χ3v) is 7.61. The molecule has 158 valence electrons. The van der Waals surface area contributed by atoms with Crippen molar-refractivity contribution in [2.24, 2.45) is 17.3 Å². The Labute approximate surface area is 180 Å². The van der Waals surface area contributed by atoms with Crippen LogP contribution in [0.1, 0.15) is 76.0 Å². The maximum Gasteiger partial charge on any atom is 0.163 e. The molecule has 4 heteroatoms. The highest BCUT2D eigenvalue weighted by Crippen LogP contribution is 2.52. The van der Waals surface area contributed by atoms with Crippen LogP contribution in [0.25, 0.3) is 5.70 Å². The van der Waals surface area contributed by atoms with Crippen LogP contribution in [0, 0.1) is 17.3 Å². The number of hydrogen-bond acceptors (Lipinski definition) is 3. The minimum atomic E-state index is -0.142. The Morgan fingerprint density at radius 1 is 1.34 bits per heavy atom. The molecular weight excluding hydrogens is 380 g/mol. The summed E-state index contributed by atoms with van der Waals surface area (Å²) < 4.78 is 0. The van der Waals surface area contributed by atoms with Gasteiger partial charge in [-0.25, -0.2) is 0 Å². The summed E-state index contributed by atoms with van der Waals surface area (Å²) in [5.74, 6) is 1.73. The van der Waals surface area contributed by atoms with E-state index in [1.54, 1.807) is 0 Å². The number of benzene rings is 1. The van der Waals surface area contributed by atoms with Gasteiger partial charge in [0.1, 0.15) is 0 Å². The Balaban J connectivity index is 1.73. The van der Waals surface area contributed by atoms with Gasteiger partial charge in [-0.15, -0.1) is 0 Å². The van der Waals surface area contributed by atoms with Crippen molar-refractivity contribution in [3.63, 3.8) is 0 Å². The predicted molar refractivity (Wildman–Crippen MR) is 121 cm³/mol. The predicted octanol–water partition coefficient (Wildman–Crippen LogP) is 5.50. The normalized spacial score (nSPS) is 31.8. The third-order valence-electron chi connectivity index (χ3n) is 7.26. The molecule has 1 aromatic carbocycles. The third kappa shape index (κ3) is 4.14. The van der Waals surface area contributed by atoms with Crippen LogP contribution >= 0.6 is 11.6 Å². The van der Waals surface area contributed by atoms with E-state index < -0.39 is 0 Å². The SMILES string of the molecule is CNCc1cc2c(cc1Cl)CC(C)(C)N/C2=C\C(=O)C12CCCC(CC(C)C1)C2. The van der Waals surface area contributed by atoms with Crippen molar-refractivity contribution in [1.82, 2.24) is 10.6 Å². The fourth-order valence-electron chi connectivity index (χ4n) is 6.25. The van der Waals surface area contributed by atoms with Gasteiger partial charge in [0.25, 0.3) is 0 Å². The number of nitrogens with one attached hydrogen (secondary N) is 2. The summed E-state index contributed by atoms with van der Waals surface area (Å²) in [6.07, 6.45) is 9.83. The lowest BCUT2D eigenvalue weighted by atomic mass is 9.57. The lowest BCUT2D eigenvalue weighted by molar-refractivity contribution is -0.130. The van der Waals surface area contributed by atoms with E-state index >= 15 is 0 Å². The summed E-state index contributed by atoms with van der Waals surface area (Å²) in [6.45, 7) is 7.44. The van der Waals surface area contributed by atoms with Gasteiger partial charge < -0.3 is 10.6 Å². The monoisotopic (exact) mass is 414 g/mol. The molecule has 3 nitrogen and oxygen atoms in total. The molecule has 4 rings (SSSR count). The number of allylic oxidation sites excluding steroid dienone is 1. The van der Waals surface area contributed by atoms with Gasteiger partial charge >= 0.3 is 0 Å². The zero-order valence-corrected chi connectivity index (χ0v) is 19.1. The molecule has 3 atom stereocenters. The Bertz CT molecular complexity index is 839. The van der Waals surface area contributed by atoms with Gasteiger partial charge in [0.05, 0.1) is 0 Å². The van der Waals surface area contributed by atoms with Gasteiger partial charge in [0.2, 0.25) is 0 Å². The molecule has 0 saturated heterocycles. The van der Waals surface area contributed by atoms with Crippen LogP contribution in [0.15, 0.2) is 18.2 Å². The first kappa shape index (κ1) is 20.9. The van der Waals surface area contributed by atoms with Gasteiger partial charge in [0.15, 0.2) is 5.78 Å². The number of rotatable bonds is 4. The molecule has 2 bridgehead atoms. The van der Waals surface area contributed by atoms with Crippen LogP contribution in [-0.2, 0) is 17.8 Å². The molecule has 1 aromatic rings. The van der Waals surface area contributed by atoms with Crippen molar-refractivity contribution in [1.29, 1.82) is 0 Å². The van der Waals surface area contributed by atoms with Crippen LogP contribution in [0.3, 0.4) is 0 Å². The van der Waals surface area contributed by atoms with E-state index in [0.717, 1.165) is 60.0 Å². The van der Waals surface area contributed by atoms with Crippen LogP contribution in [0.5, 0.6) is 0 Å². The highest BCUT2D eigenvalue weighted by atomic mass is 35.5. The van der Waals surface area contributed by atoms with E-state index in [1.807, 2.05) is 13.1 Å². The summed E-state index contributed by atoms with van der Waals surface area (Å²) in [5.41, 5.74) is 4.19. The molecule has 2 saturated carbocycles. The fourth-order valence-corrected chi connectivity index (χ4v) is 6.50. The number of carbonyl (C=O) groups is 1. The molecule has 2 N–H and O–H groups in total. The van der Waals surface area contributed by atoms with Crippen LogP contribution < -0.4 is 10.6 Å². The van der Waals surface area contributed by atoms with Crippen molar-refractivity contribution in [3.8, 4) is 0 Å². The molecule has 1 heterocycles. The molecule has 1 aliphatic heterocycles. The van der Waals surface area contributed by atoms with Crippen molar-refractivity contribution in [2.45, 2.75) is 77.8 Å². The summed E-state index contributed by atoms with van der Waals surface area (Å²) >= 11 is 6.55. The molecule has 0 amide bonds. The summed E-state index contributed by atoms with van der Waals surface area (Å²) in [5, 5.41) is 7.66. The van der Waals surface area contributed by atoms with Crippen molar-refractivity contribution < 1.29 is 4.79 Å². The standard InChI is InChI=1S/C25H35ClN2O/c1-16-8-17-6-5-7-25(12-16,13-17)23(29)11-22-20-9-19(15-27-4)21(26)10-18(20)14-24(2,3)28-22/h9-11,16-17,27-28H,5-8,12-15H2,1-4H3/b22-11-. The van der Waals surface area contributed by atoms with Crippen molar-refractivity contribution >= 4 is 23.1 Å². The number of hydrogen-bond donors (Lipinski definition) is 2. The van der Waals surface area contributed by atoms with Crippen LogP contribution in [-0.4, -0.2) is 18.4 Å². The van der Waals surface area contributed by atoms with Crippen molar-refractivity contribution in [2.75, 3.05) is 7.05 Å². The van der Waals surface area contributed by atoms with E-state index in [2.05, 4.69) is 43.5 Å². The minimum absolute atomic E-state index is 0.0976. The summed E-state index contributed by atoms with van der Waals surface area (Å²) in [4.78, 5) is 13.7. The highest BCUT2D eigenvalue weighted by molar-refractivity contribution is 6.31. The van der Waals surface area contributed by atoms with Gasteiger partial charge in [0, 0.05) is 39.9 Å². The molecule has 29 heavy (non-hydrogen) atoms. The molecule has 0 radical (unpaired) electrons. The average Bonchev–Trinajstić information content (AvgIpc) is 2.61. The lowest BCUT2D eigenvalue weighted by Gasteiger charge is -2.46. The second-order valence-electron chi connectivity index (χ2n) is 10.5. The zero-order valence-electron chi connectivity index (χ0n) is 18.3. The van der Waals surface area contributed by atoms with Gasteiger partial charge in [-0.1, -0.05) is 31.4 Å². The summed E-state index contributed by atoms with van der Waals surface area (Å²) in [6, 6.07) is 4.27. The van der Waals surface area contributed by atoms with E-state index in [4.69, 9.17) is 11.6 Å². The van der Waals surface area contributed by atoms with Gasteiger partial charge in [-0.05, 0) is 88.1 Å². The molecule has 0 aromatic heterocycles. The molecular formula is C25H35ClN2O. The molecule has 3 aliphatic rings. The number of halogens is 1. The maximum absolute atomic E-state index is 13.7. The Morgan fingerprint density at radius 2 is 2.14 bits per heavy atom. The van der Waals surface area contributed by atoms with Crippen molar-refractivity contribution in [3.05, 3.63) is 39.9 Å². The molecule has 0 spiro atoms. The number of ketones is 1. The summed E-state index contributed by atoms with van der Waals surface area (Å²) in [7, 11) is 1.93. The maximum atomic E-state index is 13.7. The quantitative estimate of drug-likeness (QED) is 0.639. The van der Waals surface area contributed by atoms with E-state index in [1.165, 1.54) is 24.8 Å². The smallest absolute Gasteiger partial charge is 0.163 e. The number of fused-ring (bicyclic) bond motifs is 3. The first-order valence-corrected chi connectivity index (χ1v) is 11.6. The largest absolute Gasteiger partial charge is 0.379 e. The van der Waals surface area contributed by atoms with Gasteiger partial charge in [-0.2, -0.15) is 0 Å². The average molecular weight is 415 g/mol. The Morgan fingerprint density at radius 3 is 2.90 bits per heavy atom. The second kappa shape index (κ2) is 7.74. The Hall–Kier alpha value is -1.32. The Kier molecular flexibility index (Phi) is 5.59. The van der Waals surface area contributed by atoms with Crippen LogP contribution in [0.4, 0.5) is 0 Å². The molecule has 2 aliphatic carbocycles. The van der Waals surface area contributed by atoms with E-state index in [-0.39, 0.29) is 11.0 Å². The highest BCUT2D eigenvalue weighted by Gasteiger charge is 2.46. The lowest BCUT2D eigenvalue weighted by Crippen LogP contribution is -2.45. The first-order chi connectivity index (χ1) is 13.7. The van der Waals surface area contributed by atoms with Gasteiger partial charge in [-0.3, -0.25) is 4.79 Å². The van der Waals surface area contributed by atoms with E-state index in [0.29, 0.717) is 11.7 Å². The van der Waals surface area contributed by atoms with E-state index in [9.17, 15) is 4.79 Å². The number of carbonyl (C=O) groups excluding carboxylic acids is 1. The molecule has 2 fully saturated rings.